The summed E-state index contributed by atoms with van der Waals surface area (Å²) in [4.78, 5) is 2.53. The number of anilines is 1. The summed E-state index contributed by atoms with van der Waals surface area (Å²) in [6, 6.07) is 8.86. The highest BCUT2D eigenvalue weighted by Crippen LogP contribution is 2.26. The van der Waals surface area contributed by atoms with Gasteiger partial charge in [0.15, 0.2) is 0 Å². The fraction of sp³-hybridized carbons (Fsp3) is 0.667. The van der Waals surface area contributed by atoms with E-state index in [0.717, 1.165) is 13.1 Å². The Balaban J connectivity index is 1.96. The molecule has 2 rings (SSSR count). The van der Waals surface area contributed by atoms with Gasteiger partial charge in [-0.05, 0) is 35.8 Å². The van der Waals surface area contributed by atoms with Crippen LogP contribution in [0, 0.1) is 11.3 Å². The van der Waals surface area contributed by atoms with E-state index in [0.29, 0.717) is 11.3 Å². The van der Waals surface area contributed by atoms with Crippen molar-refractivity contribution in [3.63, 3.8) is 0 Å². The largest absolute Gasteiger partial charge is 0.371 e. The molecule has 0 unspecified atom stereocenters. The van der Waals surface area contributed by atoms with Crippen LogP contribution in [0.15, 0.2) is 24.3 Å². The number of nitrogens with one attached hydrogen (secondary N) is 1. The Labute approximate surface area is 124 Å². The van der Waals surface area contributed by atoms with Crippen molar-refractivity contribution in [1.29, 1.82) is 0 Å². The van der Waals surface area contributed by atoms with Crippen LogP contribution >= 0.6 is 0 Å². The third kappa shape index (κ3) is 3.76. The standard InChI is InChI=1S/C18H30N2/c1-15(2)18(3,4)14-19-13-16-9-5-6-10-17(16)20-11-7-8-12-20/h5-6,9-10,15,19H,7-8,11-14H2,1-4H3. The maximum atomic E-state index is 3.66. The summed E-state index contributed by atoms with van der Waals surface area (Å²) >= 11 is 0. The molecular formula is C18H30N2. The molecule has 0 atom stereocenters. The summed E-state index contributed by atoms with van der Waals surface area (Å²) in [5.74, 6) is 0.698. The predicted octanol–water partition coefficient (Wildman–Crippen LogP) is 4.06. The van der Waals surface area contributed by atoms with E-state index in [4.69, 9.17) is 0 Å². The van der Waals surface area contributed by atoms with Gasteiger partial charge in [-0.3, -0.25) is 0 Å². The molecule has 0 aliphatic carbocycles. The van der Waals surface area contributed by atoms with Gasteiger partial charge in [0.1, 0.15) is 0 Å². The number of nitrogens with zero attached hydrogens (tertiary/aromatic N) is 1. The van der Waals surface area contributed by atoms with Crippen molar-refractivity contribution in [2.24, 2.45) is 11.3 Å². The lowest BCUT2D eigenvalue weighted by Gasteiger charge is -2.30. The maximum absolute atomic E-state index is 3.66. The van der Waals surface area contributed by atoms with Gasteiger partial charge in [-0.15, -0.1) is 0 Å². The number of hydrogen-bond donors (Lipinski definition) is 1. The number of benzene rings is 1. The zero-order chi connectivity index (χ0) is 14.6. The van der Waals surface area contributed by atoms with Crippen LogP contribution in [0.2, 0.25) is 0 Å². The van der Waals surface area contributed by atoms with E-state index in [2.05, 4.69) is 62.2 Å². The average Bonchev–Trinajstić information content (AvgIpc) is 2.92. The van der Waals surface area contributed by atoms with E-state index < -0.39 is 0 Å². The van der Waals surface area contributed by atoms with Crippen molar-refractivity contribution in [3.8, 4) is 0 Å². The normalized spacial score (nSPS) is 16.1. The number of para-hydroxylation sites is 1. The van der Waals surface area contributed by atoms with Crippen molar-refractivity contribution in [1.82, 2.24) is 5.32 Å². The van der Waals surface area contributed by atoms with Gasteiger partial charge in [0.05, 0.1) is 0 Å². The maximum Gasteiger partial charge on any atom is 0.0411 e. The molecule has 1 aliphatic rings. The van der Waals surface area contributed by atoms with Gasteiger partial charge in [-0.2, -0.15) is 0 Å². The topological polar surface area (TPSA) is 15.3 Å². The highest BCUT2D eigenvalue weighted by molar-refractivity contribution is 5.54. The van der Waals surface area contributed by atoms with E-state index >= 15 is 0 Å². The summed E-state index contributed by atoms with van der Waals surface area (Å²) in [6.45, 7) is 13.8. The van der Waals surface area contributed by atoms with Crippen molar-refractivity contribution >= 4 is 5.69 Å². The third-order valence-electron chi connectivity index (χ3n) is 4.90. The van der Waals surface area contributed by atoms with Crippen LogP contribution < -0.4 is 10.2 Å². The van der Waals surface area contributed by atoms with Gasteiger partial charge in [0.2, 0.25) is 0 Å². The molecule has 1 heterocycles. The van der Waals surface area contributed by atoms with Gasteiger partial charge in [0.25, 0.3) is 0 Å². The Morgan fingerprint density at radius 2 is 1.80 bits per heavy atom. The van der Waals surface area contributed by atoms with Gasteiger partial charge < -0.3 is 10.2 Å². The molecule has 0 radical (unpaired) electrons. The highest BCUT2D eigenvalue weighted by Gasteiger charge is 2.22. The first-order valence-corrected chi connectivity index (χ1v) is 8.04. The van der Waals surface area contributed by atoms with Gasteiger partial charge in [-0.25, -0.2) is 0 Å². The van der Waals surface area contributed by atoms with E-state index in [1.165, 1.54) is 37.2 Å². The van der Waals surface area contributed by atoms with Gasteiger partial charge in [0, 0.05) is 31.9 Å². The average molecular weight is 274 g/mol. The van der Waals surface area contributed by atoms with Crippen LogP contribution in [-0.2, 0) is 6.54 Å². The Morgan fingerprint density at radius 3 is 2.45 bits per heavy atom. The molecule has 2 heteroatoms. The van der Waals surface area contributed by atoms with Crippen LogP contribution in [0.4, 0.5) is 5.69 Å². The lowest BCUT2D eigenvalue weighted by atomic mass is 9.81. The second-order valence-corrected chi connectivity index (χ2v) is 7.07. The molecule has 1 fully saturated rings. The third-order valence-corrected chi connectivity index (χ3v) is 4.90. The molecule has 1 aromatic carbocycles. The molecule has 1 aliphatic heterocycles. The van der Waals surface area contributed by atoms with Crippen molar-refractivity contribution < 1.29 is 0 Å². The molecule has 0 amide bonds. The van der Waals surface area contributed by atoms with Crippen LogP contribution in [0.5, 0.6) is 0 Å². The Morgan fingerprint density at radius 1 is 1.15 bits per heavy atom. The molecule has 0 saturated carbocycles. The Bertz CT molecular complexity index is 417. The zero-order valence-corrected chi connectivity index (χ0v) is 13.6. The Hall–Kier alpha value is -1.02. The molecule has 1 saturated heterocycles. The molecular weight excluding hydrogens is 244 g/mol. The minimum atomic E-state index is 0.350. The molecule has 112 valence electrons. The monoisotopic (exact) mass is 274 g/mol. The lowest BCUT2D eigenvalue weighted by molar-refractivity contribution is 0.238. The van der Waals surface area contributed by atoms with Gasteiger partial charge in [-0.1, -0.05) is 45.9 Å². The second-order valence-electron chi connectivity index (χ2n) is 7.07. The first kappa shape index (κ1) is 15.4. The summed E-state index contributed by atoms with van der Waals surface area (Å²) in [6.07, 6.45) is 2.67. The fourth-order valence-corrected chi connectivity index (χ4v) is 2.65. The number of hydrogen-bond acceptors (Lipinski definition) is 2. The Kier molecular flexibility index (Phi) is 5.09. The SMILES string of the molecule is CC(C)C(C)(C)CNCc1ccccc1N1CCCC1. The molecule has 1 aromatic rings. The van der Waals surface area contributed by atoms with Crippen LogP contribution in [0.3, 0.4) is 0 Å². The zero-order valence-electron chi connectivity index (χ0n) is 13.6. The minimum absolute atomic E-state index is 0.350. The number of rotatable bonds is 6. The summed E-state index contributed by atoms with van der Waals surface area (Å²) in [5.41, 5.74) is 3.22. The molecule has 20 heavy (non-hydrogen) atoms. The van der Waals surface area contributed by atoms with Crippen LogP contribution in [0.25, 0.3) is 0 Å². The van der Waals surface area contributed by atoms with Crippen LogP contribution in [-0.4, -0.2) is 19.6 Å². The summed E-state index contributed by atoms with van der Waals surface area (Å²) < 4.78 is 0. The van der Waals surface area contributed by atoms with Gasteiger partial charge >= 0.3 is 0 Å². The predicted molar refractivity (Wildman–Crippen MR) is 88.2 cm³/mol. The van der Waals surface area contributed by atoms with Crippen molar-refractivity contribution in [2.75, 3.05) is 24.5 Å². The summed E-state index contributed by atoms with van der Waals surface area (Å²) in [5, 5.41) is 3.66. The molecule has 1 N–H and O–H groups in total. The minimum Gasteiger partial charge on any atom is -0.371 e. The smallest absolute Gasteiger partial charge is 0.0411 e. The molecule has 0 aromatic heterocycles. The highest BCUT2D eigenvalue weighted by atomic mass is 15.1. The van der Waals surface area contributed by atoms with E-state index in [1.807, 2.05) is 0 Å². The lowest BCUT2D eigenvalue weighted by Crippen LogP contribution is -2.33. The van der Waals surface area contributed by atoms with E-state index in [1.54, 1.807) is 0 Å². The first-order chi connectivity index (χ1) is 9.50. The second kappa shape index (κ2) is 6.62. The van der Waals surface area contributed by atoms with E-state index in [-0.39, 0.29) is 0 Å². The fourth-order valence-electron chi connectivity index (χ4n) is 2.65. The molecule has 0 bridgehead atoms. The molecule has 0 spiro atoms. The molecule has 2 nitrogen and oxygen atoms in total. The van der Waals surface area contributed by atoms with Crippen molar-refractivity contribution in [3.05, 3.63) is 29.8 Å². The van der Waals surface area contributed by atoms with Crippen molar-refractivity contribution in [2.45, 2.75) is 47.1 Å². The summed E-state index contributed by atoms with van der Waals surface area (Å²) in [7, 11) is 0. The van der Waals surface area contributed by atoms with E-state index in [9.17, 15) is 0 Å². The first-order valence-electron chi connectivity index (χ1n) is 8.04. The quantitative estimate of drug-likeness (QED) is 0.841. The van der Waals surface area contributed by atoms with Crippen LogP contribution in [0.1, 0.15) is 46.1 Å².